The van der Waals surface area contributed by atoms with Gasteiger partial charge in [-0.25, -0.2) is 14.8 Å². The van der Waals surface area contributed by atoms with Crippen LogP contribution in [0, 0.1) is 5.92 Å². The predicted molar refractivity (Wildman–Crippen MR) is 122 cm³/mol. The molecule has 0 amide bonds. The molecule has 0 saturated heterocycles. The zero-order valence-electron chi connectivity index (χ0n) is 17.6. The number of benzene rings is 2. The molecular weight excluding hydrogens is 416 g/mol. The van der Waals surface area contributed by atoms with Crippen molar-refractivity contribution in [1.82, 2.24) is 14.5 Å². The molecule has 0 bridgehead atoms. The van der Waals surface area contributed by atoms with Crippen molar-refractivity contribution in [3.63, 3.8) is 0 Å². The summed E-state index contributed by atoms with van der Waals surface area (Å²) in [4.78, 5) is 22.4. The molecule has 0 fully saturated rings. The largest absolute Gasteiger partial charge is 0.495 e. The average molecular weight is 439 g/mol. The number of carbonyl (C=O) groups is 1. The predicted octanol–water partition coefficient (Wildman–Crippen LogP) is 5.02. The molecular formula is C23H23ClN4O3. The highest BCUT2D eigenvalue weighted by atomic mass is 35.5. The maximum Gasteiger partial charge on any atom is 0.344 e. The topological polar surface area (TPSA) is 92.3 Å². The van der Waals surface area contributed by atoms with Crippen molar-refractivity contribution in [3.8, 4) is 11.4 Å². The smallest absolute Gasteiger partial charge is 0.344 e. The molecule has 31 heavy (non-hydrogen) atoms. The zero-order valence-corrected chi connectivity index (χ0v) is 18.3. The Morgan fingerprint density at radius 3 is 2.52 bits per heavy atom. The molecule has 7 nitrogen and oxygen atoms in total. The molecule has 0 aliphatic carbocycles. The number of esters is 1. The van der Waals surface area contributed by atoms with E-state index in [4.69, 9.17) is 31.8 Å². The molecule has 2 aromatic heterocycles. The summed E-state index contributed by atoms with van der Waals surface area (Å²) in [6.07, 6.45) is 0.757. The number of fused-ring (bicyclic) bond motifs is 2. The van der Waals surface area contributed by atoms with E-state index >= 15 is 0 Å². The van der Waals surface area contributed by atoms with E-state index in [2.05, 4.69) is 18.8 Å². The summed E-state index contributed by atoms with van der Waals surface area (Å²) in [5.41, 5.74) is 9.50. The number of hydrogen-bond acceptors (Lipinski definition) is 6. The third-order valence-corrected chi connectivity index (χ3v) is 5.32. The van der Waals surface area contributed by atoms with Gasteiger partial charge in [-0.05, 0) is 42.7 Å². The van der Waals surface area contributed by atoms with Crippen molar-refractivity contribution < 1.29 is 14.3 Å². The SMILES string of the molecule is COc1ccc(-n2c(N)c(C(=O)OCCC(C)C)c3nc4ccccc4nc32)cc1Cl. The van der Waals surface area contributed by atoms with Crippen LogP contribution in [0.25, 0.3) is 27.9 Å². The summed E-state index contributed by atoms with van der Waals surface area (Å²) >= 11 is 6.34. The van der Waals surface area contributed by atoms with Crippen LogP contribution in [0.1, 0.15) is 30.6 Å². The Morgan fingerprint density at radius 2 is 1.87 bits per heavy atom. The average Bonchev–Trinajstić information content (AvgIpc) is 3.02. The number of aromatic nitrogens is 3. The standard InChI is InChI=1S/C23H23ClN4O3/c1-13(2)10-11-31-23(29)19-20-22(27-17-7-5-4-6-16(17)26-20)28(21(19)25)14-8-9-18(30-3)15(24)12-14/h4-9,12-13H,10-11,25H2,1-3H3. The Morgan fingerprint density at radius 1 is 1.16 bits per heavy atom. The Labute approximate surface area is 184 Å². The second-order valence-corrected chi connectivity index (χ2v) is 8.02. The number of nitrogens with zero attached hydrogens (tertiary/aromatic N) is 3. The summed E-state index contributed by atoms with van der Waals surface area (Å²) in [5.74, 6) is 0.620. The van der Waals surface area contributed by atoms with Crippen LogP contribution < -0.4 is 10.5 Å². The van der Waals surface area contributed by atoms with Gasteiger partial charge in [-0.1, -0.05) is 37.6 Å². The normalized spacial score (nSPS) is 11.4. The third kappa shape index (κ3) is 3.88. The van der Waals surface area contributed by atoms with Crippen LogP contribution in [-0.2, 0) is 4.74 Å². The molecule has 8 heteroatoms. The van der Waals surface area contributed by atoms with E-state index in [1.165, 1.54) is 0 Å². The monoisotopic (exact) mass is 438 g/mol. The zero-order chi connectivity index (χ0) is 22.1. The summed E-state index contributed by atoms with van der Waals surface area (Å²) in [7, 11) is 1.54. The Hall–Kier alpha value is -3.32. The van der Waals surface area contributed by atoms with Crippen molar-refractivity contribution in [3.05, 3.63) is 53.1 Å². The van der Waals surface area contributed by atoms with Crippen LogP contribution in [0.5, 0.6) is 5.75 Å². The highest BCUT2D eigenvalue weighted by molar-refractivity contribution is 6.32. The van der Waals surface area contributed by atoms with Gasteiger partial charge in [0.15, 0.2) is 5.65 Å². The lowest BCUT2D eigenvalue weighted by Gasteiger charge is -2.10. The van der Waals surface area contributed by atoms with Crippen molar-refractivity contribution in [1.29, 1.82) is 0 Å². The van der Waals surface area contributed by atoms with Crippen LogP contribution >= 0.6 is 11.6 Å². The number of nitrogens with two attached hydrogens (primary N) is 1. The van der Waals surface area contributed by atoms with E-state index < -0.39 is 5.97 Å². The molecule has 2 aromatic carbocycles. The molecule has 0 radical (unpaired) electrons. The van der Waals surface area contributed by atoms with Gasteiger partial charge in [0.1, 0.15) is 22.6 Å². The second-order valence-electron chi connectivity index (χ2n) is 7.62. The lowest BCUT2D eigenvalue weighted by atomic mass is 10.1. The Balaban J connectivity index is 1.93. The summed E-state index contributed by atoms with van der Waals surface area (Å²) in [6.45, 7) is 4.44. The lowest BCUT2D eigenvalue weighted by molar-refractivity contribution is 0.0491. The number of hydrogen-bond donors (Lipinski definition) is 1. The maximum atomic E-state index is 13.0. The Kier molecular flexibility index (Phi) is 5.69. The van der Waals surface area contributed by atoms with Gasteiger partial charge < -0.3 is 15.2 Å². The summed E-state index contributed by atoms with van der Waals surface area (Å²) in [6, 6.07) is 12.7. The summed E-state index contributed by atoms with van der Waals surface area (Å²) in [5, 5.41) is 0.413. The molecule has 2 heterocycles. The van der Waals surface area contributed by atoms with Gasteiger partial charge in [-0.2, -0.15) is 0 Å². The van der Waals surface area contributed by atoms with Crippen LogP contribution in [0.15, 0.2) is 42.5 Å². The molecule has 4 rings (SSSR count). The molecule has 0 aliphatic heterocycles. The highest BCUT2D eigenvalue weighted by Gasteiger charge is 2.26. The van der Waals surface area contributed by atoms with E-state index in [0.29, 0.717) is 51.2 Å². The van der Waals surface area contributed by atoms with Crippen LogP contribution in [0.4, 0.5) is 5.82 Å². The van der Waals surface area contributed by atoms with E-state index in [1.807, 2.05) is 24.3 Å². The third-order valence-electron chi connectivity index (χ3n) is 5.02. The van der Waals surface area contributed by atoms with Gasteiger partial charge in [-0.3, -0.25) is 4.57 Å². The second kappa shape index (κ2) is 8.43. The first-order valence-electron chi connectivity index (χ1n) is 9.98. The Bertz CT molecular complexity index is 1280. The number of nitrogen functional groups attached to an aromatic ring is 1. The fourth-order valence-electron chi connectivity index (χ4n) is 3.38. The highest BCUT2D eigenvalue weighted by Crippen LogP contribution is 2.34. The quantitative estimate of drug-likeness (QED) is 0.425. The molecule has 0 atom stereocenters. The first kappa shape index (κ1) is 20.9. The van der Waals surface area contributed by atoms with E-state index in [9.17, 15) is 4.79 Å². The fourth-order valence-corrected chi connectivity index (χ4v) is 3.63. The minimum atomic E-state index is -0.522. The number of anilines is 1. The molecule has 0 unspecified atom stereocenters. The summed E-state index contributed by atoms with van der Waals surface area (Å²) < 4.78 is 12.4. The maximum absolute atomic E-state index is 13.0. The van der Waals surface area contributed by atoms with Gasteiger partial charge in [0.25, 0.3) is 0 Å². The van der Waals surface area contributed by atoms with Crippen LogP contribution in [0.3, 0.4) is 0 Å². The molecule has 4 aromatic rings. The number of rotatable bonds is 6. The lowest BCUT2D eigenvalue weighted by Crippen LogP contribution is -2.11. The van der Waals surface area contributed by atoms with Gasteiger partial charge in [0.2, 0.25) is 0 Å². The van der Waals surface area contributed by atoms with Crippen LogP contribution in [-0.4, -0.2) is 34.2 Å². The van der Waals surface area contributed by atoms with E-state index in [1.54, 1.807) is 29.9 Å². The van der Waals surface area contributed by atoms with Gasteiger partial charge >= 0.3 is 5.97 Å². The molecule has 0 aliphatic rings. The molecule has 0 saturated carbocycles. The van der Waals surface area contributed by atoms with E-state index in [-0.39, 0.29) is 11.4 Å². The van der Waals surface area contributed by atoms with Gasteiger partial charge in [0.05, 0.1) is 35.5 Å². The van der Waals surface area contributed by atoms with Crippen molar-refractivity contribution in [2.24, 2.45) is 5.92 Å². The van der Waals surface area contributed by atoms with Gasteiger partial charge in [0, 0.05) is 0 Å². The number of carbonyl (C=O) groups excluding carboxylic acids is 1. The first-order chi connectivity index (χ1) is 14.9. The van der Waals surface area contributed by atoms with Gasteiger partial charge in [-0.15, -0.1) is 0 Å². The van der Waals surface area contributed by atoms with Crippen molar-refractivity contribution in [2.75, 3.05) is 19.5 Å². The molecule has 0 spiro atoms. The number of ether oxygens (including phenoxy) is 2. The number of halogens is 1. The first-order valence-corrected chi connectivity index (χ1v) is 10.4. The minimum absolute atomic E-state index is 0.195. The minimum Gasteiger partial charge on any atom is -0.495 e. The molecule has 160 valence electrons. The van der Waals surface area contributed by atoms with Crippen LogP contribution in [0.2, 0.25) is 5.02 Å². The van der Waals surface area contributed by atoms with Crippen molar-refractivity contribution >= 4 is 45.6 Å². The van der Waals surface area contributed by atoms with E-state index in [0.717, 1.165) is 6.42 Å². The van der Waals surface area contributed by atoms with Crippen molar-refractivity contribution in [2.45, 2.75) is 20.3 Å². The number of para-hydroxylation sites is 2. The fraction of sp³-hybridized carbons (Fsp3) is 0.261. The number of methoxy groups -OCH3 is 1. The molecule has 2 N–H and O–H groups in total.